The van der Waals surface area contributed by atoms with Gasteiger partial charge in [-0.05, 0) is 78.0 Å². The van der Waals surface area contributed by atoms with E-state index in [-0.39, 0.29) is 0 Å². The number of hydrogen-bond donors (Lipinski definition) is 0. The lowest BCUT2D eigenvalue weighted by Crippen LogP contribution is -2.32. The average molecular weight is 427 g/mol. The SMILES string of the molecule is Cc1cc(C)c(C)c(-c2ccc3c(nc(C)n3-c3c(C(C)C)cccc3C(C)C)[n+]2C)c1. The molecule has 0 aliphatic heterocycles. The first-order chi connectivity index (χ1) is 15.1. The largest absolute Gasteiger partial charge is 0.349 e. The summed E-state index contributed by atoms with van der Waals surface area (Å²) in [5, 5.41) is 0. The third-order valence-electron chi connectivity index (χ3n) is 6.79. The molecule has 0 unspecified atom stereocenters. The van der Waals surface area contributed by atoms with Gasteiger partial charge in [0.25, 0.3) is 0 Å². The summed E-state index contributed by atoms with van der Waals surface area (Å²) in [6, 6.07) is 15.8. The molecule has 0 fully saturated rings. The van der Waals surface area contributed by atoms with Crippen LogP contribution in [-0.4, -0.2) is 9.55 Å². The van der Waals surface area contributed by atoms with Gasteiger partial charge in [-0.1, -0.05) is 57.5 Å². The van der Waals surface area contributed by atoms with Gasteiger partial charge in [0.05, 0.1) is 12.7 Å². The van der Waals surface area contributed by atoms with Gasteiger partial charge in [-0.3, -0.25) is 4.57 Å². The Morgan fingerprint density at radius 1 is 0.844 bits per heavy atom. The molecule has 2 aromatic carbocycles. The Kier molecular flexibility index (Phi) is 5.70. The van der Waals surface area contributed by atoms with E-state index in [1.807, 2.05) is 0 Å². The van der Waals surface area contributed by atoms with Crippen LogP contribution in [0.2, 0.25) is 0 Å². The van der Waals surface area contributed by atoms with Crippen LogP contribution in [0.5, 0.6) is 0 Å². The summed E-state index contributed by atoms with van der Waals surface area (Å²) in [4.78, 5) is 5.08. The number of fused-ring (bicyclic) bond motifs is 1. The summed E-state index contributed by atoms with van der Waals surface area (Å²) in [6.07, 6.45) is 0. The summed E-state index contributed by atoms with van der Waals surface area (Å²) < 4.78 is 4.63. The van der Waals surface area contributed by atoms with Gasteiger partial charge in [0.15, 0.2) is 0 Å². The summed E-state index contributed by atoms with van der Waals surface area (Å²) in [6.45, 7) is 17.8. The maximum Gasteiger partial charge on any atom is 0.349 e. The molecule has 0 aliphatic rings. The van der Waals surface area contributed by atoms with Crippen molar-refractivity contribution in [2.24, 2.45) is 7.05 Å². The molecule has 0 saturated carbocycles. The topological polar surface area (TPSA) is 21.7 Å². The summed E-state index contributed by atoms with van der Waals surface area (Å²) in [5.74, 6) is 1.90. The normalized spacial score (nSPS) is 11.8. The van der Waals surface area contributed by atoms with Crippen LogP contribution < -0.4 is 4.57 Å². The Labute approximate surface area is 192 Å². The Balaban J connectivity index is 2.04. The fraction of sp³-hybridized carbons (Fsp3) is 0.379. The Morgan fingerprint density at radius 3 is 2.06 bits per heavy atom. The Morgan fingerprint density at radius 2 is 1.47 bits per heavy atom. The molecule has 0 spiro atoms. The van der Waals surface area contributed by atoms with E-state index in [1.165, 1.54) is 44.8 Å². The second-order valence-corrected chi connectivity index (χ2v) is 9.83. The van der Waals surface area contributed by atoms with Crippen molar-refractivity contribution < 1.29 is 4.57 Å². The molecule has 0 saturated heterocycles. The first-order valence-corrected chi connectivity index (χ1v) is 11.7. The van der Waals surface area contributed by atoms with Crippen LogP contribution in [0.15, 0.2) is 42.5 Å². The molecule has 4 rings (SSSR count). The number of aryl methyl sites for hydroxylation is 4. The predicted octanol–water partition coefficient (Wildman–Crippen LogP) is 7.00. The van der Waals surface area contributed by atoms with Crippen molar-refractivity contribution in [1.29, 1.82) is 0 Å². The molecular formula is C29H36N3+. The van der Waals surface area contributed by atoms with Crippen molar-refractivity contribution in [2.45, 2.75) is 67.2 Å². The van der Waals surface area contributed by atoms with E-state index >= 15 is 0 Å². The molecule has 2 heterocycles. The number of hydrogen-bond acceptors (Lipinski definition) is 1. The minimum atomic E-state index is 0.437. The molecule has 0 radical (unpaired) electrons. The maximum absolute atomic E-state index is 5.08. The van der Waals surface area contributed by atoms with Gasteiger partial charge in [0, 0.05) is 12.5 Å². The number of rotatable bonds is 4. The van der Waals surface area contributed by atoms with E-state index < -0.39 is 0 Å². The average Bonchev–Trinajstić information content (AvgIpc) is 3.07. The van der Waals surface area contributed by atoms with Crippen LogP contribution in [0.1, 0.15) is 73.2 Å². The van der Waals surface area contributed by atoms with Crippen molar-refractivity contribution in [1.82, 2.24) is 9.55 Å². The van der Waals surface area contributed by atoms with Gasteiger partial charge >= 0.3 is 5.65 Å². The number of nitrogens with zero attached hydrogens (tertiary/aromatic N) is 3. The van der Waals surface area contributed by atoms with Crippen molar-refractivity contribution >= 4 is 11.2 Å². The fourth-order valence-corrected chi connectivity index (χ4v) is 4.94. The van der Waals surface area contributed by atoms with Crippen LogP contribution in [0.4, 0.5) is 0 Å². The summed E-state index contributed by atoms with van der Waals surface area (Å²) >= 11 is 0. The molecule has 3 heteroatoms. The summed E-state index contributed by atoms with van der Waals surface area (Å²) in [5.41, 5.74) is 12.6. The Bertz CT molecular complexity index is 1300. The first kappa shape index (κ1) is 22.3. The highest BCUT2D eigenvalue weighted by Gasteiger charge is 2.26. The highest BCUT2D eigenvalue weighted by atomic mass is 15.2. The van der Waals surface area contributed by atoms with E-state index in [1.54, 1.807) is 0 Å². The molecule has 4 aromatic rings. The zero-order valence-electron chi connectivity index (χ0n) is 21.0. The lowest BCUT2D eigenvalue weighted by Gasteiger charge is -2.21. The molecule has 166 valence electrons. The van der Waals surface area contributed by atoms with Crippen LogP contribution in [0.3, 0.4) is 0 Å². The monoisotopic (exact) mass is 426 g/mol. The van der Waals surface area contributed by atoms with Crippen LogP contribution in [-0.2, 0) is 7.05 Å². The van der Waals surface area contributed by atoms with E-state index in [9.17, 15) is 0 Å². The summed E-state index contributed by atoms with van der Waals surface area (Å²) in [7, 11) is 2.14. The minimum absolute atomic E-state index is 0.437. The highest BCUT2D eigenvalue weighted by Crippen LogP contribution is 2.34. The van der Waals surface area contributed by atoms with Gasteiger partial charge in [-0.25, -0.2) is 4.57 Å². The number of imidazole rings is 1. The minimum Gasteiger partial charge on any atom is -0.270 e. The second kappa shape index (κ2) is 8.20. The molecule has 2 aromatic heterocycles. The van der Waals surface area contributed by atoms with Gasteiger partial charge in [0.2, 0.25) is 5.82 Å². The molecular weight excluding hydrogens is 390 g/mol. The van der Waals surface area contributed by atoms with Gasteiger partial charge in [-0.2, -0.15) is 0 Å². The smallest absolute Gasteiger partial charge is 0.270 e. The van der Waals surface area contributed by atoms with Gasteiger partial charge < -0.3 is 0 Å². The van der Waals surface area contributed by atoms with E-state index in [4.69, 9.17) is 4.98 Å². The van der Waals surface area contributed by atoms with Crippen LogP contribution >= 0.6 is 0 Å². The third kappa shape index (κ3) is 3.54. The second-order valence-electron chi connectivity index (χ2n) is 9.83. The number of benzene rings is 2. The zero-order chi connectivity index (χ0) is 23.3. The van der Waals surface area contributed by atoms with Gasteiger partial charge in [0.1, 0.15) is 11.2 Å². The first-order valence-electron chi connectivity index (χ1n) is 11.7. The lowest BCUT2D eigenvalue weighted by molar-refractivity contribution is -0.635. The molecule has 0 atom stereocenters. The fourth-order valence-electron chi connectivity index (χ4n) is 4.94. The molecule has 0 amide bonds. The molecule has 0 bridgehead atoms. The van der Waals surface area contributed by atoms with Gasteiger partial charge in [-0.15, -0.1) is 0 Å². The number of para-hydroxylation sites is 1. The maximum atomic E-state index is 5.08. The van der Waals surface area contributed by atoms with E-state index in [0.29, 0.717) is 11.8 Å². The van der Waals surface area contributed by atoms with Crippen molar-refractivity contribution in [3.8, 4) is 16.9 Å². The predicted molar refractivity (Wildman–Crippen MR) is 135 cm³/mol. The zero-order valence-corrected chi connectivity index (χ0v) is 21.0. The highest BCUT2D eigenvalue weighted by molar-refractivity contribution is 5.76. The number of aromatic nitrogens is 3. The van der Waals surface area contributed by atoms with Crippen molar-refractivity contribution in [2.75, 3.05) is 0 Å². The molecule has 3 nitrogen and oxygen atoms in total. The molecule has 32 heavy (non-hydrogen) atoms. The standard InChI is InChI=1S/C29H36N3/c1-17(2)23-11-10-12-24(18(3)4)28(23)32-22(8)30-29-27(32)14-13-26(31(29)9)25-16-19(5)15-20(6)21(25)7/h10-18H,1-9H3/q+1. The lowest BCUT2D eigenvalue weighted by atomic mass is 9.92. The van der Waals surface area contributed by atoms with Crippen molar-refractivity contribution in [3.63, 3.8) is 0 Å². The Hall–Kier alpha value is -2.94. The quantitative estimate of drug-likeness (QED) is 0.322. The van der Waals surface area contributed by atoms with Crippen LogP contribution in [0, 0.1) is 27.7 Å². The van der Waals surface area contributed by atoms with Crippen molar-refractivity contribution in [3.05, 3.63) is 76.1 Å². The van der Waals surface area contributed by atoms with E-state index in [0.717, 1.165) is 17.0 Å². The molecule has 0 N–H and O–H groups in total. The molecule has 0 aliphatic carbocycles. The van der Waals surface area contributed by atoms with Crippen LogP contribution in [0.25, 0.3) is 28.1 Å². The third-order valence-corrected chi connectivity index (χ3v) is 6.79. The van der Waals surface area contributed by atoms with E-state index in [2.05, 4.69) is 114 Å². The number of pyridine rings is 1.